The number of nitrogens with one attached hydrogen (secondary N) is 1. The molecule has 8 nitrogen and oxygen atoms in total. The summed E-state index contributed by atoms with van der Waals surface area (Å²) in [5, 5.41) is 13.7. The van der Waals surface area contributed by atoms with Crippen LogP contribution < -0.4 is 11.1 Å². The fourth-order valence-corrected chi connectivity index (χ4v) is 7.95. The van der Waals surface area contributed by atoms with Crippen molar-refractivity contribution in [2.24, 2.45) is 5.73 Å². The van der Waals surface area contributed by atoms with E-state index in [1.54, 1.807) is 6.08 Å². The molecular formula is C52H97N2O6P. The van der Waals surface area contributed by atoms with Crippen LogP contribution in [-0.4, -0.2) is 47.8 Å². The molecule has 0 aliphatic carbocycles. The van der Waals surface area contributed by atoms with Crippen molar-refractivity contribution in [3.05, 3.63) is 60.8 Å². The number of hydrogen-bond donors (Lipinski definition) is 4. The van der Waals surface area contributed by atoms with Crippen molar-refractivity contribution in [3.63, 3.8) is 0 Å². The van der Waals surface area contributed by atoms with Gasteiger partial charge in [0.05, 0.1) is 25.4 Å². The third-order valence-corrected chi connectivity index (χ3v) is 12.0. The molecule has 9 heteroatoms. The molecule has 0 aliphatic heterocycles. The number of aliphatic hydroxyl groups excluding tert-OH is 1. The normalized spacial score (nSPS) is 14.4. The molecule has 3 unspecified atom stereocenters. The Morgan fingerprint density at radius 1 is 0.541 bits per heavy atom. The van der Waals surface area contributed by atoms with Gasteiger partial charge in [-0.1, -0.05) is 209 Å². The van der Waals surface area contributed by atoms with Crippen molar-refractivity contribution in [2.45, 2.75) is 244 Å². The first-order valence-corrected chi connectivity index (χ1v) is 26.9. The average Bonchev–Trinajstić information content (AvgIpc) is 3.25. The maximum atomic E-state index is 12.8. The van der Waals surface area contributed by atoms with E-state index in [9.17, 15) is 19.4 Å². The molecular weight excluding hydrogens is 780 g/mol. The molecule has 0 aromatic carbocycles. The molecule has 0 radical (unpaired) electrons. The van der Waals surface area contributed by atoms with Gasteiger partial charge < -0.3 is 21.1 Å². The van der Waals surface area contributed by atoms with Crippen LogP contribution in [0.1, 0.15) is 232 Å². The van der Waals surface area contributed by atoms with Gasteiger partial charge in [0.25, 0.3) is 0 Å². The summed E-state index contributed by atoms with van der Waals surface area (Å²) in [6.45, 7) is 4.11. The summed E-state index contributed by atoms with van der Waals surface area (Å²) in [5.74, 6) is -0.213. The number of phosphoric ester groups is 1. The van der Waals surface area contributed by atoms with Crippen molar-refractivity contribution in [1.29, 1.82) is 0 Å². The van der Waals surface area contributed by atoms with Crippen LogP contribution >= 0.6 is 7.82 Å². The number of aliphatic hydroxyl groups is 1. The number of hydrogen-bond acceptors (Lipinski definition) is 6. The molecule has 61 heavy (non-hydrogen) atoms. The first-order chi connectivity index (χ1) is 29.9. The largest absolute Gasteiger partial charge is 0.472 e. The van der Waals surface area contributed by atoms with E-state index in [-0.39, 0.29) is 25.7 Å². The van der Waals surface area contributed by atoms with Crippen LogP contribution in [0, 0.1) is 0 Å². The van der Waals surface area contributed by atoms with Crippen molar-refractivity contribution in [1.82, 2.24) is 5.32 Å². The standard InChI is InChI=1S/C52H97N2O6P/c1-3-5-7-9-11-13-15-17-19-21-23-25-27-29-31-33-35-37-39-41-43-45-51(55)50(49-60-61(57,58)59-48-47-53)54-52(56)46-44-42-40-38-36-34-32-30-28-26-24-22-20-18-16-14-12-10-8-6-4-2/h16,18,22,24,27,29,35,37,43,45,50-51,55H,3-15,17,19-21,23,25-26,28,30-34,36,38-42,44,46-49,53H2,1-2H3,(H,54,56)(H,57,58)/b18-16-,24-22-,29-27+,37-35+,45-43+. The monoisotopic (exact) mass is 877 g/mol. The minimum absolute atomic E-state index is 0.0691. The lowest BCUT2D eigenvalue weighted by molar-refractivity contribution is -0.123. The quantitative estimate of drug-likeness (QED) is 0.0272. The lowest BCUT2D eigenvalue weighted by Gasteiger charge is -2.23. The maximum Gasteiger partial charge on any atom is 0.472 e. The molecule has 0 rings (SSSR count). The van der Waals surface area contributed by atoms with Crippen molar-refractivity contribution >= 4 is 13.7 Å². The van der Waals surface area contributed by atoms with Gasteiger partial charge in [-0.25, -0.2) is 4.57 Å². The third kappa shape index (κ3) is 46.0. The van der Waals surface area contributed by atoms with Crippen LogP contribution in [0.4, 0.5) is 0 Å². The summed E-state index contributed by atoms with van der Waals surface area (Å²) in [6, 6.07) is -0.889. The Morgan fingerprint density at radius 3 is 1.36 bits per heavy atom. The van der Waals surface area contributed by atoms with E-state index in [1.807, 2.05) is 6.08 Å². The molecule has 5 N–H and O–H groups in total. The zero-order valence-corrected chi connectivity index (χ0v) is 40.5. The van der Waals surface area contributed by atoms with Gasteiger partial charge in [0.2, 0.25) is 5.91 Å². The second-order valence-corrected chi connectivity index (χ2v) is 18.5. The highest BCUT2D eigenvalue weighted by Gasteiger charge is 2.26. The molecule has 0 heterocycles. The molecule has 0 saturated carbocycles. The van der Waals surface area contributed by atoms with Gasteiger partial charge in [-0.15, -0.1) is 0 Å². The van der Waals surface area contributed by atoms with Crippen LogP contribution in [0.2, 0.25) is 0 Å². The first kappa shape index (κ1) is 59.2. The average molecular weight is 877 g/mol. The summed E-state index contributed by atoms with van der Waals surface area (Å²) in [4.78, 5) is 22.8. The predicted molar refractivity (Wildman–Crippen MR) is 263 cm³/mol. The Bertz CT molecular complexity index is 1140. The second-order valence-electron chi connectivity index (χ2n) is 17.0. The molecule has 3 atom stereocenters. The van der Waals surface area contributed by atoms with Crippen LogP contribution in [0.3, 0.4) is 0 Å². The SMILES string of the molecule is CCCCCCC/C=C\C/C=C\CCCCCCCCCCCC(=O)NC(COP(=O)(O)OCCN)C(O)/C=C/CC/C=C/CC/C=C/CCCCCCCCCCCCC. The van der Waals surface area contributed by atoms with Crippen LogP contribution in [-0.2, 0) is 18.4 Å². The van der Waals surface area contributed by atoms with Crippen LogP contribution in [0.5, 0.6) is 0 Å². The molecule has 0 aromatic rings. The minimum atomic E-state index is -4.36. The summed E-state index contributed by atoms with van der Waals surface area (Å²) in [5.41, 5.74) is 5.39. The van der Waals surface area contributed by atoms with E-state index in [2.05, 4.69) is 67.8 Å². The van der Waals surface area contributed by atoms with Crippen molar-refractivity contribution in [2.75, 3.05) is 19.8 Å². The number of unbranched alkanes of at least 4 members (excludes halogenated alkanes) is 27. The summed E-state index contributed by atoms with van der Waals surface area (Å²) >= 11 is 0. The van der Waals surface area contributed by atoms with E-state index in [0.717, 1.165) is 51.4 Å². The van der Waals surface area contributed by atoms with E-state index < -0.39 is 20.0 Å². The Balaban J connectivity index is 4.20. The number of rotatable bonds is 47. The van der Waals surface area contributed by atoms with E-state index >= 15 is 0 Å². The molecule has 0 aromatic heterocycles. The number of phosphoric acid groups is 1. The van der Waals surface area contributed by atoms with Crippen LogP contribution in [0.25, 0.3) is 0 Å². The molecule has 0 saturated heterocycles. The van der Waals surface area contributed by atoms with Gasteiger partial charge in [-0.05, 0) is 77.0 Å². The number of allylic oxidation sites excluding steroid dienone is 9. The smallest absolute Gasteiger partial charge is 0.387 e. The highest BCUT2D eigenvalue weighted by atomic mass is 31.2. The predicted octanol–water partition coefficient (Wildman–Crippen LogP) is 15.0. The van der Waals surface area contributed by atoms with Gasteiger partial charge in [0.1, 0.15) is 0 Å². The van der Waals surface area contributed by atoms with Gasteiger partial charge in [0.15, 0.2) is 0 Å². The van der Waals surface area contributed by atoms with Gasteiger partial charge in [0, 0.05) is 13.0 Å². The number of nitrogens with two attached hydrogens (primary N) is 1. The lowest BCUT2D eigenvalue weighted by atomic mass is 10.1. The van der Waals surface area contributed by atoms with Gasteiger partial charge in [-0.3, -0.25) is 13.8 Å². The fraction of sp³-hybridized carbons (Fsp3) is 0.788. The Labute approximate surface area is 376 Å². The topological polar surface area (TPSA) is 131 Å². The highest BCUT2D eigenvalue weighted by molar-refractivity contribution is 7.47. The number of amides is 1. The third-order valence-electron chi connectivity index (χ3n) is 11.0. The van der Waals surface area contributed by atoms with Gasteiger partial charge in [-0.2, -0.15) is 0 Å². The van der Waals surface area contributed by atoms with Crippen LogP contribution in [0.15, 0.2) is 60.8 Å². The summed E-state index contributed by atoms with van der Waals surface area (Å²) < 4.78 is 22.2. The number of carbonyl (C=O) groups excluding carboxylic acids is 1. The zero-order chi connectivity index (χ0) is 44.6. The highest BCUT2D eigenvalue weighted by Crippen LogP contribution is 2.43. The van der Waals surface area contributed by atoms with Crippen molar-refractivity contribution < 1.29 is 28.4 Å². The Kier molecular flexibility index (Phi) is 46.3. The molecule has 0 spiro atoms. The van der Waals surface area contributed by atoms with E-state index in [0.29, 0.717) is 6.42 Å². The Morgan fingerprint density at radius 2 is 0.918 bits per heavy atom. The van der Waals surface area contributed by atoms with E-state index in [4.69, 9.17) is 14.8 Å². The molecule has 0 fully saturated rings. The Hall–Kier alpha value is -1.80. The van der Waals surface area contributed by atoms with Gasteiger partial charge >= 0.3 is 7.82 Å². The first-order valence-electron chi connectivity index (χ1n) is 25.4. The molecule has 1 amide bonds. The minimum Gasteiger partial charge on any atom is -0.387 e. The second kappa shape index (κ2) is 47.7. The maximum absolute atomic E-state index is 12.8. The zero-order valence-electron chi connectivity index (χ0n) is 39.6. The van der Waals surface area contributed by atoms with E-state index in [1.165, 1.54) is 161 Å². The van der Waals surface area contributed by atoms with Crippen molar-refractivity contribution in [3.8, 4) is 0 Å². The molecule has 356 valence electrons. The number of carbonyl (C=O) groups is 1. The molecule has 0 aliphatic rings. The lowest BCUT2D eigenvalue weighted by Crippen LogP contribution is -2.45. The fourth-order valence-electron chi connectivity index (χ4n) is 7.19. The summed E-state index contributed by atoms with van der Waals surface area (Å²) in [7, 11) is -4.36. The summed E-state index contributed by atoms with van der Waals surface area (Å²) in [6.07, 6.45) is 61.4. The molecule has 0 bridgehead atoms.